The van der Waals surface area contributed by atoms with Gasteiger partial charge >= 0.3 is 0 Å². The van der Waals surface area contributed by atoms with Crippen LogP contribution in [0.1, 0.15) is 17.5 Å². The molecule has 0 aromatic carbocycles. The van der Waals surface area contributed by atoms with E-state index in [9.17, 15) is 9.50 Å². The molecule has 0 aliphatic rings. The Bertz CT molecular complexity index is 471. The summed E-state index contributed by atoms with van der Waals surface area (Å²) < 4.78 is 13.0. The van der Waals surface area contributed by atoms with Crippen molar-refractivity contribution in [3.05, 3.63) is 46.4 Å². The maximum atomic E-state index is 13.0. The molecular formula is C11H11FN2OS. The summed E-state index contributed by atoms with van der Waals surface area (Å²) in [5.74, 6) is -0.447. The molecule has 84 valence electrons. The van der Waals surface area contributed by atoms with Gasteiger partial charge in [0.25, 0.3) is 0 Å². The van der Waals surface area contributed by atoms with E-state index in [1.54, 1.807) is 13.1 Å². The van der Waals surface area contributed by atoms with Crippen LogP contribution < -0.4 is 0 Å². The van der Waals surface area contributed by atoms with Crippen molar-refractivity contribution in [2.24, 2.45) is 0 Å². The van der Waals surface area contributed by atoms with Crippen LogP contribution in [0.5, 0.6) is 0 Å². The third-order valence-corrected chi connectivity index (χ3v) is 3.09. The summed E-state index contributed by atoms with van der Waals surface area (Å²) >= 11 is 1.46. The second kappa shape index (κ2) is 4.27. The maximum absolute atomic E-state index is 13.0. The highest BCUT2D eigenvalue weighted by molar-refractivity contribution is 7.09. The Labute approximate surface area is 96.6 Å². The van der Waals surface area contributed by atoms with Crippen LogP contribution in [0.2, 0.25) is 0 Å². The number of aliphatic hydroxyl groups is 1. The van der Waals surface area contributed by atoms with Crippen molar-refractivity contribution in [3.63, 3.8) is 0 Å². The molecule has 2 aromatic rings. The minimum absolute atomic E-state index is 0.357. The van der Waals surface area contributed by atoms with Crippen LogP contribution in [0, 0.1) is 5.82 Å². The van der Waals surface area contributed by atoms with Crippen LogP contribution in [0.25, 0.3) is 0 Å². The van der Waals surface area contributed by atoms with Crippen molar-refractivity contribution in [1.82, 2.24) is 9.97 Å². The van der Waals surface area contributed by atoms with Gasteiger partial charge in [0, 0.05) is 29.8 Å². The zero-order valence-corrected chi connectivity index (χ0v) is 9.54. The summed E-state index contributed by atoms with van der Waals surface area (Å²) in [6.45, 7) is 1.63. The highest BCUT2D eigenvalue weighted by Crippen LogP contribution is 2.25. The minimum Gasteiger partial charge on any atom is -0.385 e. The highest BCUT2D eigenvalue weighted by atomic mass is 32.1. The van der Waals surface area contributed by atoms with Gasteiger partial charge in [-0.15, -0.1) is 11.3 Å². The Morgan fingerprint density at radius 3 is 2.94 bits per heavy atom. The van der Waals surface area contributed by atoms with Crippen LogP contribution in [0.3, 0.4) is 0 Å². The van der Waals surface area contributed by atoms with Gasteiger partial charge in [-0.25, -0.2) is 9.37 Å². The SMILES string of the molecule is CC(O)(Cc1nccs1)c1cncc(F)c1. The third-order valence-electron chi connectivity index (χ3n) is 2.31. The Hall–Kier alpha value is -1.33. The Morgan fingerprint density at radius 2 is 2.31 bits per heavy atom. The van der Waals surface area contributed by atoms with E-state index in [2.05, 4.69) is 9.97 Å². The summed E-state index contributed by atoms with van der Waals surface area (Å²) in [6, 6.07) is 1.29. The molecule has 2 rings (SSSR count). The molecule has 0 saturated heterocycles. The van der Waals surface area contributed by atoms with Gasteiger partial charge in [0.1, 0.15) is 5.82 Å². The van der Waals surface area contributed by atoms with Gasteiger partial charge in [-0.2, -0.15) is 0 Å². The van der Waals surface area contributed by atoms with Crippen LogP contribution >= 0.6 is 11.3 Å². The topological polar surface area (TPSA) is 46.0 Å². The van der Waals surface area contributed by atoms with Crippen LogP contribution in [-0.2, 0) is 12.0 Å². The molecule has 1 atom stereocenters. The fourth-order valence-electron chi connectivity index (χ4n) is 1.44. The van der Waals surface area contributed by atoms with Crippen LogP contribution in [0.4, 0.5) is 4.39 Å². The van der Waals surface area contributed by atoms with Gasteiger partial charge in [-0.1, -0.05) is 0 Å². The van der Waals surface area contributed by atoms with Gasteiger partial charge in [0.15, 0.2) is 0 Å². The van der Waals surface area contributed by atoms with Gasteiger partial charge in [-0.3, -0.25) is 4.98 Å². The maximum Gasteiger partial charge on any atom is 0.141 e. The van der Waals surface area contributed by atoms with Gasteiger partial charge in [0.2, 0.25) is 0 Å². The van der Waals surface area contributed by atoms with Crippen molar-refractivity contribution in [3.8, 4) is 0 Å². The summed E-state index contributed by atoms with van der Waals surface area (Å²) in [4.78, 5) is 7.82. The predicted octanol–water partition coefficient (Wildman–Crippen LogP) is 2.13. The largest absolute Gasteiger partial charge is 0.385 e. The number of nitrogens with zero attached hydrogens (tertiary/aromatic N) is 2. The predicted molar refractivity (Wildman–Crippen MR) is 59.6 cm³/mol. The summed E-state index contributed by atoms with van der Waals surface area (Å²) in [6.07, 6.45) is 4.62. The Morgan fingerprint density at radius 1 is 1.50 bits per heavy atom. The first kappa shape index (κ1) is 11.2. The molecule has 16 heavy (non-hydrogen) atoms. The first-order chi connectivity index (χ1) is 7.58. The Kier molecular flexibility index (Phi) is 2.98. The lowest BCUT2D eigenvalue weighted by atomic mass is 9.94. The normalized spacial score (nSPS) is 14.7. The molecule has 0 aliphatic heterocycles. The van der Waals surface area contributed by atoms with Crippen molar-refractivity contribution in [2.75, 3.05) is 0 Å². The summed E-state index contributed by atoms with van der Waals surface area (Å²) in [7, 11) is 0. The standard InChI is InChI=1S/C11H11FN2OS/c1-11(15,5-10-14-2-3-16-10)8-4-9(12)7-13-6-8/h2-4,6-7,15H,5H2,1H3. The summed E-state index contributed by atoms with van der Waals surface area (Å²) in [5, 5.41) is 12.9. The molecule has 1 N–H and O–H groups in total. The zero-order valence-electron chi connectivity index (χ0n) is 8.72. The number of thiazole rings is 1. The molecule has 3 nitrogen and oxygen atoms in total. The van der Waals surface area contributed by atoms with E-state index in [-0.39, 0.29) is 0 Å². The van der Waals surface area contributed by atoms with E-state index in [4.69, 9.17) is 0 Å². The lowest BCUT2D eigenvalue weighted by molar-refractivity contribution is 0.0568. The van der Waals surface area contributed by atoms with Crippen molar-refractivity contribution < 1.29 is 9.50 Å². The molecule has 0 amide bonds. The van der Waals surface area contributed by atoms with Crippen molar-refractivity contribution >= 4 is 11.3 Å². The number of halogens is 1. The van der Waals surface area contributed by atoms with Crippen molar-refractivity contribution in [1.29, 1.82) is 0 Å². The molecule has 5 heteroatoms. The monoisotopic (exact) mass is 238 g/mol. The highest BCUT2D eigenvalue weighted by Gasteiger charge is 2.25. The van der Waals surface area contributed by atoms with Gasteiger partial charge in [-0.05, 0) is 13.0 Å². The van der Waals surface area contributed by atoms with E-state index in [0.717, 1.165) is 11.2 Å². The van der Waals surface area contributed by atoms with Crippen LogP contribution in [-0.4, -0.2) is 15.1 Å². The lowest BCUT2D eigenvalue weighted by Crippen LogP contribution is -2.24. The average Bonchev–Trinajstić information content (AvgIpc) is 2.70. The quantitative estimate of drug-likeness (QED) is 0.891. The molecule has 0 spiro atoms. The number of pyridine rings is 1. The molecule has 0 saturated carbocycles. The van der Waals surface area contributed by atoms with E-state index >= 15 is 0 Å². The third kappa shape index (κ3) is 2.43. The minimum atomic E-state index is -1.15. The van der Waals surface area contributed by atoms with Gasteiger partial charge < -0.3 is 5.11 Å². The van der Waals surface area contributed by atoms with E-state index in [0.29, 0.717) is 12.0 Å². The number of aromatic nitrogens is 2. The van der Waals surface area contributed by atoms with E-state index in [1.165, 1.54) is 23.6 Å². The second-order valence-electron chi connectivity index (χ2n) is 3.77. The number of hydrogen-bond donors (Lipinski definition) is 1. The summed E-state index contributed by atoms with van der Waals surface area (Å²) in [5.41, 5.74) is -0.685. The number of hydrogen-bond acceptors (Lipinski definition) is 4. The molecule has 0 aliphatic carbocycles. The molecule has 0 fully saturated rings. The van der Waals surface area contributed by atoms with E-state index < -0.39 is 11.4 Å². The molecule has 0 bridgehead atoms. The first-order valence-electron chi connectivity index (χ1n) is 4.80. The zero-order chi connectivity index (χ0) is 11.6. The Balaban J connectivity index is 2.24. The van der Waals surface area contributed by atoms with E-state index in [1.807, 2.05) is 5.38 Å². The number of rotatable bonds is 3. The molecular weight excluding hydrogens is 227 g/mol. The fourth-order valence-corrected chi connectivity index (χ4v) is 2.21. The van der Waals surface area contributed by atoms with Gasteiger partial charge in [0.05, 0.1) is 16.8 Å². The fraction of sp³-hybridized carbons (Fsp3) is 0.273. The first-order valence-corrected chi connectivity index (χ1v) is 5.68. The molecule has 2 heterocycles. The lowest BCUT2D eigenvalue weighted by Gasteiger charge is -2.22. The molecule has 0 radical (unpaired) electrons. The molecule has 1 unspecified atom stereocenters. The average molecular weight is 238 g/mol. The smallest absolute Gasteiger partial charge is 0.141 e. The molecule has 2 aromatic heterocycles. The van der Waals surface area contributed by atoms with Crippen LogP contribution in [0.15, 0.2) is 30.0 Å². The second-order valence-corrected chi connectivity index (χ2v) is 4.75. The van der Waals surface area contributed by atoms with Crippen molar-refractivity contribution in [2.45, 2.75) is 18.9 Å².